The van der Waals surface area contributed by atoms with E-state index in [0.29, 0.717) is 28.4 Å². The van der Waals surface area contributed by atoms with E-state index < -0.39 is 5.91 Å². The summed E-state index contributed by atoms with van der Waals surface area (Å²) >= 11 is 0. The number of ether oxygens (including phenoxy) is 2. The summed E-state index contributed by atoms with van der Waals surface area (Å²) in [6, 6.07) is 17.2. The zero-order valence-electron chi connectivity index (χ0n) is 14.1. The number of pyridine rings is 1. The van der Waals surface area contributed by atoms with Gasteiger partial charge in [0, 0.05) is 29.2 Å². The topological polar surface area (TPSA) is 89.6 Å². The number of anilines is 2. The van der Waals surface area contributed by atoms with Crippen LogP contribution >= 0.6 is 0 Å². The van der Waals surface area contributed by atoms with Gasteiger partial charge in [-0.15, -0.1) is 0 Å². The number of carbonyl (C=O) groups is 2. The third-order valence-electron chi connectivity index (χ3n) is 3.92. The van der Waals surface area contributed by atoms with Gasteiger partial charge in [-0.2, -0.15) is 0 Å². The lowest BCUT2D eigenvalue weighted by Crippen LogP contribution is -2.17. The van der Waals surface area contributed by atoms with Crippen LogP contribution in [0.3, 0.4) is 0 Å². The first-order valence-corrected chi connectivity index (χ1v) is 8.22. The number of fused-ring (bicyclic) bond motifs is 1. The van der Waals surface area contributed by atoms with E-state index in [0.717, 1.165) is 0 Å². The van der Waals surface area contributed by atoms with E-state index in [1.807, 2.05) is 18.2 Å². The molecule has 0 spiro atoms. The van der Waals surface area contributed by atoms with E-state index in [1.54, 1.807) is 36.4 Å². The van der Waals surface area contributed by atoms with Gasteiger partial charge in [-0.25, -0.2) is 0 Å². The molecular formula is C20H15N3O4. The molecule has 2 N–H and O–H groups in total. The van der Waals surface area contributed by atoms with E-state index in [1.165, 1.54) is 12.3 Å². The molecule has 1 aliphatic heterocycles. The van der Waals surface area contributed by atoms with Crippen molar-refractivity contribution in [3.8, 4) is 11.5 Å². The van der Waals surface area contributed by atoms with Crippen molar-refractivity contribution in [2.45, 2.75) is 0 Å². The number of hydrogen-bond donors (Lipinski definition) is 2. The number of aromatic nitrogens is 1. The minimum absolute atomic E-state index is 0.133. The van der Waals surface area contributed by atoms with Gasteiger partial charge < -0.3 is 20.1 Å². The molecule has 0 fully saturated rings. The summed E-state index contributed by atoms with van der Waals surface area (Å²) in [5.41, 5.74) is 1.69. The Morgan fingerprint density at radius 3 is 2.44 bits per heavy atom. The predicted octanol–water partition coefficient (Wildman–Crippen LogP) is 3.31. The van der Waals surface area contributed by atoms with Crippen LogP contribution in [0, 0.1) is 0 Å². The SMILES string of the molecule is O=C(Nc1ccccc1)c1ccnc(C(=O)Nc2ccc3c(c2)OCO3)c1. The standard InChI is InChI=1S/C20H15N3O4/c24-19(22-14-4-2-1-3-5-14)13-8-9-21-16(10-13)20(25)23-15-6-7-17-18(11-15)27-12-26-17/h1-11H,12H2,(H,22,24)(H,23,25). The molecule has 134 valence electrons. The van der Waals surface area contributed by atoms with Gasteiger partial charge in [0.05, 0.1) is 0 Å². The molecule has 0 unspecified atom stereocenters. The smallest absolute Gasteiger partial charge is 0.274 e. The summed E-state index contributed by atoms with van der Waals surface area (Å²) in [5.74, 6) is 0.450. The van der Waals surface area contributed by atoms with Crippen LogP contribution in [0.4, 0.5) is 11.4 Å². The fourth-order valence-electron chi connectivity index (χ4n) is 2.59. The molecule has 7 heteroatoms. The Labute approximate surface area is 155 Å². The summed E-state index contributed by atoms with van der Waals surface area (Å²) in [5, 5.41) is 5.51. The Bertz CT molecular complexity index is 1010. The van der Waals surface area contributed by atoms with Gasteiger partial charge in [-0.05, 0) is 36.4 Å². The van der Waals surface area contributed by atoms with E-state index in [9.17, 15) is 9.59 Å². The number of nitrogens with zero attached hydrogens (tertiary/aromatic N) is 1. The molecule has 2 aromatic carbocycles. The molecular weight excluding hydrogens is 346 g/mol. The number of nitrogens with one attached hydrogen (secondary N) is 2. The second-order valence-corrected chi connectivity index (χ2v) is 5.77. The van der Waals surface area contributed by atoms with Crippen molar-refractivity contribution < 1.29 is 19.1 Å². The molecule has 1 aromatic heterocycles. The highest BCUT2D eigenvalue weighted by Gasteiger charge is 2.16. The molecule has 0 bridgehead atoms. The van der Waals surface area contributed by atoms with Gasteiger partial charge in [-0.3, -0.25) is 14.6 Å². The van der Waals surface area contributed by atoms with Gasteiger partial charge in [0.2, 0.25) is 6.79 Å². The first kappa shape index (κ1) is 16.6. The summed E-state index contributed by atoms with van der Waals surface area (Å²) in [6.07, 6.45) is 1.43. The van der Waals surface area contributed by atoms with Crippen LogP contribution in [0.2, 0.25) is 0 Å². The molecule has 2 amide bonds. The monoisotopic (exact) mass is 361 g/mol. The first-order chi connectivity index (χ1) is 13.2. The number of para-hydroxylation sites is 1. The van der Waals surface area contributed by atoms with Crippen molar-refractivity contribution in [2.75, 3.05) is 17.4 Å². The van der Waals surface area contributed by atoms with Crippen LogP contribution in [-0.4, -0.2) is 23.6 Å². The zero-order chi connectivity index (χ0) is 18.6. The number of hydrogen-bond acceptors (Lipinski definition) is 5. The maximum absolute atomic E-state index is 12.5. The molecule has 3 aromatic rings. The number of rotatable bonds is 4. The van der Waals surface area contributed by atoms with Crippen LogP contribution in [0.25, 0.3) is 0 Å². The molecule has 0 saturated carbocycles. The molecule has 0 radical (unpaired) electrons. The van der Waals surface area contributed by atoms with Gasteiger partial charge in [0.1, 0.15) is 5.69 Å². The maximum atomic E-state index is 12.5. The van der Waals surface area contributed by atoms with Crippen molar-refractivity contribution in [2.24, 2.45) is 0 Å². The molecule has 2 heterocycles. The number of carbonyl (C=O) groups excluding carboxylic acids is 2. The van der Waals surface area contributed by atoms with Gasteiger partial charge >= 0.3 is 0 Å². The predicted molar refractivity (Wildman–Crippen MR) is 99.2 cm³/mol. The Balaban J connectivity index is 1.48. The highest BCUT2D eigenvalue weighted by molar-refractivity contribution is 6.07. The quantitative estimate of drug-likeness (QED) is 0.744. The van der Waals surface area contributed by atoms with Crippen LogP contribution in [0.5, 0.6) is 11.5 Å². The Kier molecular flexibility index (Phi) is 4.40. The summed E-state index contributed by atoms with van der Waals surface area (Å²) < 4.78 is 10.5. The Hall–Kier alpha value is -3.87. The third kappa shape index (κ3) is 3.72. The van der Waals surface area contributed by atoms with Crippen LogP contribution in [0.15, 0.2) is 66.9 Å². The maximum Gasteiger partial charge on any atom is 0.274 e. The lowest BCUT2D eigenvalue weighted by Gasteiger charge is -2.08. The summed E-state index contributed by atoms with van der Waals surface area (Å²) in [7, 11) is 0. The fourth-order valence-corrected chi connectivity index (χ4v) is 2.59. The average molecular weight is 361 g/mol. The summed E-state index contributed by atoms with van der Waals surface area (Å²) in [6.45, 7) is 0.160. The minimum atomic E-state index is -0.428. The average Bonchev–Trinajstić information content (AvgIpc) is 3.16. The van der Waals surface area contributed by atoms with E-state index in [4.69, 9.17) is 9.47 Å². The second-order valence-electron chi connectivity index (χ2n) is 5.77. The molecule has 1 aliphatic rings. The van der Waals surface area contributed by atoms with Crippen molar-refractivity contribution in [3.05, 3.63) is 78.1 Å². The lowest BCUT2D eigenvalue weighted by molar-refractivity contribution is 0.102. The highest BCUT2D eigenvalue weighted by atomic mass is 16.7. The van der Waals surface area contributed by atoms with E-state index >= 15 is 0 Å². The fraction of sp³-hybridized carbons (Fsp3) is 0.0500. The molecule has 27 heavy (non-hydrogen) atoms. The van der Waals surface area contributed by atoms with Crippen LogP contribution < -0.4 is 20.1 Å². The first-order valence-electron chi connectivity index (χ1n) is 8.22. The van der Waals surface area contributed by atoms with Crippen LogP contribution in [-0.2, 0) is 0 Å². The van der Waals surface area contributed by atoms with Crippen molar-refractivity contribution in [1.82, 2.24) is 4.98 Å². The lowest BCUT2D eigenvalue weighted by atomic mass is 10.2. The molecule has 7 nitrogen and oxygen atoms in total. The van der Waals surface area contributed by atoms with Gasteiger partial charge in [0.25, 0.3) is 11.8 Å². The summed E-state index contributed by atoms with van der Waals surface area (Å²) in [4.78, 5) is 28.9. The molecule has 0 saturated heterocycles. The Morgan fingerprint density at radius 1 is 0.815 bits per heavy atom. The normalized spacial score (nSPS) is 11.7. The van der Waals surface area contributed by atoms with Crippen molar-refractivity contribution >= 4 is 23.2 Å². The van der Waals surface area contributed by atoms with Crippen molar-refractivity contribution in [3.63, 3.8) is 0 Å². The molecule has 0 atom stereocenters. The van der Waals surface area contributed by atoms with Gasteiger partial charge in [-0.1, -0.05) is 18.2 Å². The van der Waals surface area contributed by atoms with Gasteiger partial charge in [0.15, 0.2) is 11.5 Å². The highest BCUT2D eigenvalue weighted by Crippen LogP contribution is 2.34. The third-order valence-corrected chi connectivity index (χ3v) is 3.92. The molecule has 0 aliphatic carbocycles. The zero-order valence-corrected chi connectivity index (χ0v) is 14.1. The van der Waals surface area contributed by atoms with Crippen LogP contribution in [0.1, 0.15) is 20.8 Å². The van der Waals surface area contributed by atoms with E-state index in [-0.39, 0.29) is 18.4 Å². The number of benzene rings is 2. The molecule has 4 rings (SSSR count). The largest absolute Gasteiger partial charge is 0.454 e. The Morgan fingerprint density at radius 2 is 1.59 bits per heavy atom. The second kappa shape index (κ2) is 7.17. The minimum Gasteiger partial charge on any atom is -0.454 e. The van der Waals surface area contributed by atoms with E-state index in [2.05, 4.69) is 15.6 Å². The number of amides is 2. The van der Waals surface area contributed by atoms with Crippen molar-refractivity contribution in [1.29, 1.82) is 0 Å².